The molecule has 0 heterocycles. The third-order valence-electron chi connectivity index (χ3n) is 2.82. The SMILES string of the molecule is NC(=O)c1ccc(COC(=O)COc2ccccc2Cl)cc1. The summed E-state index contributed by atoms with van der Waals surface area (Å²) >= 11 is 5.91. The third-order valence-corrected chi connectivity index (χ3v) is 3.13. The average molecular weight is 320 g/mol. The lowest BCUT2D eigenvalue weighted by Crippen LogP contribution is -2.15. The molecule has 2 aromatic rings. The second-order valence-electron chi connectivity index (χ2n) is 4.44. The monoisotopic (exact) mass is 319 g/mol. The molecule has 0 aromatic heterocycles. The summed E-state index contributed by atoms with van der Waals surface area (Å²) in [6.07, 6.45) is 0. The van der Waals surface area contributed by atoms with E-state index in [-0.39, 0.29) is 13.2 Å². The lowest BCUT2D eigenvalue weighted by atomic mass is 10.1. The van der Waals surface area contributed by atoms with Crippen molar-refractivity contribution in [1.29, 1.82) is 0 Å². The Balaban J connectivity index is 1.80. The molecule has 2 N–H and O–H groups in total. The van der Waals surface area contributed by atoms with Crippen LogP contribution >= 0.6 is 11.6 Å². The number of esters is 1. The van der Waals surface area contributed by atoms with Crippen molar-refractivity contribution in [3.05, 3.63) is 64.7 Å². The first-order valence-electron chi connectivity index (χ1n) is 6.48. The van der Waals surface area contributed by atoms with Crippen LogP contribution in [-0.2, 0) is 16.1 Å². The molecule has 6 heteroatoms. The van der Waals surface area contributed by atoms with Gasteiger partial charge in [0.05, 0.1) is 5.02 Å². The van der Waals surface area contributed by atoms with E-state index in [0.717, 1.165) is 5.56 Å². The molecule has 0 fully saturated rings. The summed E-state index contributed by atoms with van der Waals surface area (Å²) in [6, 6.07) is 13.3. The number of benzene rings is 2. The van der Waals surface area contributed by atoms with Crippen molar-refractivity contribution >= 4 is 23.5 Å². The molecular weight excluding hydrogens is 306 g/mol. The molecule has 5 nitrogen and oxygen atoms in total. The van der Waals surface area contributed by atoms with E-state index in [1.807, 2.05) is 0 Å². The Kier molecular flexibility index (Phi) is 5.38. The fourth-order valence-corrected chi connectivity index (χ4v) is 1.86. The van der Waals surface area contributed by atoms with Crippen LogP contribution in [0.5, 0.6) is 5.75 Å². The van der Waals surface area contributed by atoms with Crippen molar-refractivity contribution < 1.29 is 19.1 Å². The summed E-state index contributed by atoms with van der Waals surface area (Å²) in [4.78, 5) is 22.5. The number of carbonyl (C=O) groups excluding carboxylic acids is 2. The molecule has 0 radical (unpaired) electrons. The van der Waals surface area contributed by atoms with E-state index < -0.39 is 11.9 Å². The Bertz CT molecular complexity index is 670. The minimum Gasteiger partial charge on any atom is -0.480 e. The van der Waals surface area contributed by atoms with Crippen LogP contribution in [0.15, 0.2) is 48.5 Å². The maximum atomic E-state index is 11.6. The van der Waals surface area contributed by atoms with Gasteiger partial charge in [-0.15, -0.1) is 0 Å². The van der Waals surface area contributed by atoms with Crippen LogP contribution in [0.25, 0.3) is 0 Å². The molecular formula is C16H14ClNO4. The van der Waals surface area contributed by atoms with Crippen LogP contribution in [0, 0.1) is 0 Å². The van der Waals surface area contributed by atoms with E-state index in [0.29, 0.717) is 16.3 Å². The Morgan fingerprint density at radius 2 is 1.73 bits per heavy atom. The normalized spacial score (nSPS) is 10.0. The van der Waals surface area contributed by atoms with Gasteiger partial charge in [-0.3, -0.25) is 4.79 Å². The smallest absolute Gasteiger partial charge is 0.344 e. The Morgan fingerprint density at radius 3 is 2.36 bits per heavy atom. The highest BCUT2D eigenvalue weighted by atomic mass is 35.5. The molecule has 114 valence electrons. The van der Waals surface area contributed by atoms with Crippen LogP contribution in [0.4, 0.5) is 0 Å². The molecule has 0 bridgehead atoms. The minimum absolute atomic E-state index is 0.0871. The second kappa shape index (κ2) is 7.47. The van der Waals surface area contributed by atoms with Gasteiger partial charge in [0.15, 0.2) is 6.61 Å². The quantitative estimate of drug-likeness (QED) is 0.830. The zero-order valence-corrected chi connectivity index (χ0v) is 12.4. The molecule has 2 aromatic carbocycles. The number of hydrogen-bond donors (Lipinski definition) is 1. The number of halogens is 1. The van der Waals surface area contributed by atoms with Gasteiger partial charge in [0, 0.05) is 5.56 Å². The van der Waals surface area contributed by atoms with Gasteiger partial charge in [0.2, 0.25) is 5.91 Å². The highest BCUT2D eigenvalue weighted by Gasteiger charge is 2.07. The number of rotatable bonds is 6. The van der Waals surface area contributed by atoms with E-state index in [1.54, 1.807) is 48.5 Å². The van der Waals surface area contributed by atoms with Crippen molar-refractivity contribution in [2.24, 2.45) is 5.73 Å². The first-order chi connectivity index (χ1) is 10.6. The van der Waals surface area contributed by atoms with Gasteiger partial charge in [0.1, 0.15) is 12.4 Å². The van der Waals surface area contributed by atoms with Gasteiger partial charge in [-0.2, -0.15) is 0 Å². The minimum atomic E-state index is -0.515. The van der Waals surface area contributed by atoms with E-state index in [2.05, 4.69) is 0 Å². The third kappa shape index (κ3) is 4.49. The number of primary amides is 1. The summed E-state index contributed by atoms with van der Waals surface area (Å²) in [5.41, 5.74) is 6.29. The predicted molar refractivity (Wildman–Crippen MR) is 81.7 cm³/mol. The number of ether oxygens (including phenoxy) is 2. The molecule has 0 saturated carbocycles. The second-order valence-corrected chi connectivity index (χ2v) is 4.85. The lowest BCUT2D eigenvalue weighted by molar-refractivity contribution is -0.147. The van der Waals surface area contributed by atoms with Crippen LogP contribution in [-0.4, -0.2) is 18.5 Å². The Morgan fingerprint density at radius 1 is 1.05 bits per heavy atom. The van der Waals surface area contributed by atoms with Crippen molar-refractivity contribution in [3.8, 4) is 5.75 Å². The van der Waals surface area contributed by atoms with Crippen LogP contribution in [0.3, 0.4) is 0 Å². The van der Waals surface area contributed by atoms with E-state index >= 15 is 0 Å². The molecule has 22 heavy (non-hydrogen) atoms. The van der Waals surface area contributed by atoms with Crippen LogP contribution < -0.4 is 10.5 Å². The van der Waals surface area contributed by atoms with E-state index in [4.69, 9.17) is 26.8 Å². The summed E-state index contributed by atoms with van der Waals surface area (Å²) < 4.78 is 10.3. The molecule has 2 rings (SSSR count). The molecule has 1 amide bonds. The van der Waals surface area contributed by atoms with E-state index in [1.165, 1.54) is 0 Å². The van der Waals surface area contributed by atoms with Crippen molar-refractivity contribution in [2.45, 2.75) is 6.61 Å². The summed E-state index contributed by atoms with van der Waals surface area (Å²) in [5.74, 6) is -0.595. The van der Waals surface area contributed by atoms with Crippen molar-refractivity contribution in [3.63, 3.8) is 0 Å². The molecule has 0 aliphatic heterocycles. The number of carbonyl (C=O) groups is 2. The Labute approximate surface area is 132 Å². The first kappa shape index (κ1) is 15.9. The highest BCUT2D eigenvalue weighted by Crippen LogP contribution is 2.22. The number of para-hydroxylation sites is 1. The van der Waals surface area contributed by atoms with Crippen LogP contribution in [0.2, 0.25) is 5.02 Å². The van der Waals surface area contributed by atoms with Gasteiger partial charge in [-0.1, -0.05) is 35.9 Å². The van der Waals surface area contributed by atoms with E-state index in [9.17, 15) is 9.59 Å². The van der Waals surface area contributed by atoms with Gasteiger partial charge < -0.3 is 15.2 Å². The van der Waals surface area contributed by atoms with Crippen LogP contribution in [0.1, 0.15) is 15.9 Å². The van der Waals surface area contributed by atoms with Crippen molar-refractivity contribution in [2.75, 3.05) is 6.61 Å². The zero-order chi connectivity index (χ0) is 15.9. The molecule has 0 spiro atoms. The summed E-state index contributed by atoms with van der Waals surface area (Å²) in [7, 11) is 0. The number of hydrogen-bond acceptors (Lipinski definition) is 4. The summed E-state index contributed by atoms with van der Waals surface area (Å²) in [6.45, 7) is -0.146. The topological polar surface area (TPSA) is 78.6 Å². The first-order valence-corrected chi connectivity index (χ1v) is 6.86. The zero-order valence-electron chi connectivity index (χ0n) is 11.6. The molecule has 0 unspecified atom stereocenters. The maximum absolute atomic E-state index is 11.6. The highest BCUT2D eigenvalue weighted by molar-refractivity contribution is 6.32. The molecule has 0 aliphatic carbocycles. The Hall–Kier alpha value is -2.53. The lowest BCUT2D eigenvalue weighted by Gasteiger charge is -2.08. The van der Waals surface area contributed by atoms with Gasteiger partial charge >= 0.3 is 5.97 Å². The van der Waals surface area contributed by atoms with Gasteiger partial charge in [-0.05, 0) is 29.8 Å². The fraction of sp³-hybridized carbons (Fsp3) is 0.125. The molecule has 0 saturated heterocycles. The van der Waals surface area contributed by atoms with Gasteiger partial charge in [-0.25, -0.2) is 4.79 Å². The standard InChI is InChI=1S/C16H14ClNO4/c17-13-3-1-2-4-14(13)21-10-15(19)22-9-11-5-7-12(8-6-11)16(18)20/h1-8H,9-10H2,(H2,18,20). The largest absolute Gasteiger partial charge is 0.480 e. The molecule has 0 atom stereocenters. The predicted octanol–water partition coefficient (Wildman–Crippen LogP) is 2.56. The molecule has 0 aliphatic rings. The maximum Gasteiger partial charge on any atom is 0.344 e. The number of nitrogens with two attached hydrogens (primary N) is 1. The van der Waals surface area contributed by atoms with Crippen molar-refractivity contribution in [1.82, 2.24) is 0 Å². The average Bonchev–Trinajstić information content (AvgIpc) is 2.52. The summed E-state index contributed by atoms with van der Waals surface area (Å²) in [5, 5.41) is 0.428. The fourth-order valence-electron chi connectivity index (χ4n) is 1.67. The number of amides is 1. The van der Waals surface area contributed by atoms with Gasteiger partial charge in [0.25, 0.3) is 0 Å².